The van der Waals surface area contributed by atoms with E-state index in [1.165, 1.54) is 20.3 Å². The fourth-order valence-corrected chi connectivity index (χ4v) is 4.15. The van der Waals surface area contributed by atoms with E-state index in [2.05, 4.69) is 20.7 Å². The van der Waals surface area contributed by atoms with E-state index in [1.54, 1.807) is 36.4 Å². The lowest BCUT2D eigenvalue weighted by Gasteiger charge is -2.15. The number of hydrogen-bond donors (Lipinski definition) is 2. The molecule has 2 aromatic rings. The molecule has 0 fully saturated rings. The average molecular weight is 416 g/mol. The normalized spacial score (nSPS) is 12.7. The Balaban J connectivity index is 2.13. The molecular weight excluding hydrogens is 398 g/mol. The Labute approximate surface area is 149 Å². The van der Waals surface area contributed by atoms with Crippen molar-refractivity contribution in [2.75, 3.05) is 20.8 Å². The summed E-state index contributed by atoms with van der Waals surface area (Å²) in [5.41, 5.74) is 0.516. The second-order valence-corrected chi connectivity index (χ2v) is 7.50. The second-order valence-electron chi connectivity index (χ2n) is 4.91. The van der Waals surface area contributed by atoms with Crippen molar-refractivity contribution < 1.29 is 23.0 Å². The fourth-order valence-electron chi connectivity index (χ4n) is 2.11. The first-order valence-electron chi connectivity index (χ1n) is 7.03. The summed E-state index contributed by atoms with van der Waals surface area (Å²) in [4.78, 5) is 0.115. The Morgan fingerprint density at radius 1 is 1.12 bits per heavy atom. The lowest BCUT2D eigenvalue weighted by Crippen LogP contribution is -2.28. The summed E-state index contributed by atoms with van der Waals surface area (Å²) in [6.07, 6.45) is -1.03. The zero-order valence-electron chi connectivity index (χ0n) is 13.2. The molecule has 2 N–H and O–H groups in total. The number of methoxy groups -OCH3 is 2. The van der Waals surface area contributed by atoms with Crippen LogP contribution in [-0.2, 0) is 10.0 Å². The Morgan fingerprint density at radius 3 is 2.42 bits per heavy atom. The van der Waals surface area contributed by atoms with Crippen molar-refractivity contribution in [3.8, 4) is 11.5 Å². The summed E-state index contributed by atoms with van der Waals surface area (Å²) >= 11 is 3.21. The molecule has 0 bridgehead atoms. The lowest BCUT2D eigenvalue weighted by molar-refractivity contribution is 0.181. The predicted molar refractivity (Wildman–Crippen MR) is 93.8 cm³/mol. The molecule has 0 radical (unpaired) electrons. The number of aliphatic hydroxyl groups excluding tert-OH is 1. The first-order valence-corrected chi connectivity index (χ1v) is 9.31. The van der Waals surface area contributed by atoms with Crippen molar-refractivity contribution in [3.63, 3.8) is 0 Å². The van der Waals surface area contributed by atoms with E-state index in [9.17, 15) is 13.5 Å². The van der Waals surface area contributed by atoms with Gasteiger partial charge in [-0.3, -0.25) is 0 Å². The van der Waals surface area contributed by atoms with Crippen molar-refractivity contribution >= 4 is 26.0 Å². The van der Waals surface area contributed by atoms with Gasteiger partial charge in [0, 0.05) is 11.0 Å². The number of aliphatic hydroxyl groups is 1. The third-order valence-electron chi connectivity index (χ3n) is 3.39. The summed E-state index contributed by atoms with van der Waals surface area (Å²) < 4.78 is 37.8. The molecule has 8 heteroatoms. The topological polar surface area (TPSA) is 84.9 Å². The quantitative estimate of drug-likeness (QED) is 0.725. The highest BCUT2D eigenvalue weighted by Gasteiger charge is 2.19. The Morgan fingerprint density at radius 2 is 1.79 bits per heavy atom. The van der Waals surface area contributed by atoms with Gasteiger partial charge in [0.15, 0.2) is 11.5 Å². The lowest BCUT2D eigenvalue weighted by atomic mass is 10.1. The Hall–Kier alpha value is -1.61. The van der Waals surface area contributed by atoms with Crippen LogP contribution in [0.2, 0.25) is 0 Å². The number of hydrogen-bond acceptors (Lipinski definition) is 5. The number of nitrogens with one attached hydrogen (secondary N) is 1. The van der Waals surface area contributed by atoms with E-state index in [-0.39, 0.29) is 11.4 Å². The first-order chi connectivity index (χ1) is 11.4. The maximum atomic E-state index is 12.3. The molecule has 0 aliphatic rings. The number of benzene rings is 2. The third-order valence-corrected chi connectivity index (χ3v) is 5.82. The SMILES string of the molecule is COc1ccc(C(O)CNS(=O)(=O)c2ccccc2Br)cc1OC. The van der Waals surface area contributed by atoms with Gasteiger partial charge in [-0.05, 0) is 45.8 Å². The van der Waals surface area contributed by atoms with Gasteiger partial charge in [0.1, 0.15) is 0 Å². The maximum absolute atomic E-state index is 12.3. The molecule has 1 unspecified atom stereocenters. The van der Waals surface area contributed by atoms with Crippen LogP contribution in [0.1, 0.15) is 11.7 Å². The molecule has 130 valence electrons. The molecule has 1 atom stereocenters. The van der Waals surface area contributed by atoms with Gasteiger partial charge >= 0.3 is 0 Å². The van der Waals surface area contributed by atoms with Crippen LogP contribution in [0.5, 0.6) is 11.5 Å². The zero-order chi connectivity index (χ0) is 17.7. The molecule has 0 amide bonds. The summed E-state index contributed by atoms with van der Waals surface area (Å²) in [6.45, 7) is -0.168. The molecule has 6 nitrogen and oxygen atoms in total. The molecule has 0 aliphatic heterocycles. The van der Waals surface area contributed by atoms with Crippen LogP contribution in [-0.4, -0.2) is 34.3 Å². The van der Waals surface area contributed by atoms with Crippen LogP contribution in [0.4, 0.5) is 0 Å². The van der Waals surface area contributed by atoms with Crippen LogP contribution in [0, 0.1) is 0 Å². The standard InChI is InChI=1S/C16H18BrNO5S/c1-22-14-8-7-11(9-15(14)23-2)13(19)10-18-24(20,21)16-6-4-3-5-12(16)17/h3-9,13,18-19H,10H2,1-2H3. The van der Waals surface area contributed by atoms with Gasteiger partial charge in [-0.2, -0.15) is 0 Å². The summed E-state index contributed by atoms with van der Waals surface area (Å²) in [5, 5.41) is 10.2. The van der Waals surface area contributed by atoms with Crippen molar-refractivity contribution in [2.45, 2.75) is 11.0 Å². The van der Waals surface area contributed by atoms with Crippen molar-refractivity contribution in [2.24, 2.45) is 0 Å². The summed E-state index contributed by atoms with van der Waals surface area (Å²) in [5.74, 6) is 0.991. The van der Waals surface area contributed by atoms with Gasteiger partial charge in [0.2, 0.25) is 10.0 Å². The number of halogens is 1. The molecule has 0 saturated carbocycles. The largest absolute Gasteiger partial charge is 0.493 e. The fraction of sp³-hybridized carbons (Fsp3) is 0.250. The minimum atomic E-state index is -3.74. The highest BCUT2D eigenvalue weighted by molar-refractivity contribution is 9.10. The number of sulfonamides is 1. The molecule has 2 rings (SSSR count). The smallest absolute Gasteiger partial charge is 0.241 e. The van der Waals surface area contributed by atoms with Crippen LogP contribution in [0.15, 0.2) is 51.8 Å². The van der Waals surface area contributed by atoms with E-state index in [1.807, 2.05) is 0 Å². The second kappa shape index (κ2) is 7.98. The zero-order valence-corrected chi connectivity index (χ0v) is 15.6. The summed E-state index contributed by atoms with van der Waals surface area (Å²) in [7, 11) is -0.732. The van der Waals surface area contributed by atoms with Crippen LogP contribution in [0.3, 0.4) is 0 Å². The maximum Gasteiger partial charge on any atom is 0.241 e. The van der Waals surface area contributed by atoms with Gasteiger partial charge in [-0.15, -0.1) is 0 Å². The molecule has 0 spiro atoms. The Kier molecular flexibility index (Phi) is 6.22. The van der Waals surface area contributed by atoms with Gasteiger partial charge in [0.05, 0.1) is 25.2 Å². The van der Waals surface area contributed by atoms with Crippen LogP contribution < -0.4 is 14.2 Å². The number of ether oxygens (including phenoxy) is 2. The van der Waals surface area contributed by atoms with E-state index in [0.717, 1.165) is 0 Å². The van der Waals surface area contributed by atoms with Crippen molar-refractivity contribution in [3.05, 3.63) is 52.5 Å². The monoisotopic (exact) mass is 415 g/mol. The third kappa shape index (κ3) is 4.27. The molecule has 2 aromatic carbocycles. The van der Waals surface area contributed by atoms with Crippen molar-refractivity contribution in [1.82, 2.24) is 4.72 Å². The molecule has 24 heavy (non-hydrogen) atoms. The van der Waals surface area contributed by atoms with Gasteiger partial charge in [-0.25, -0.2) is 13.1 Å². The molecular formula is C16H18BrNO5S. The average Bonchev–Trinajstić information content (AvgIpc) is 2.59. The highest BCUT2D eigenvalue weighted by atomic mass is 79.9. The van der Waals surface area contributed by atoms with Crippen molar-refractivity contribution in [1.29, 1.82) is 0 Å². The molecule has 0 aliphatic carbocycles. The molecule has 0 aromatic heterocycles. The first kappa shape index (κ1) is 18.7. The van der Waals surface area contributed by atoms with E-state index in [4.69, 9.17) is 9.47 Å². The van der Waals surface area contributed by atoms with Crippen LogP contribution in [0.25, 0.3) is 0 Å². The highest BCUT2D eigenvalue weighted by Crippen LogP contribution is 2.30. The van der Waals surface area contributed by atoms with Gasteiger partial charge in [0.25, 0.3) is 0 Å². The molecule has 0 heterocycles. The molecule has 0 saturated heterocycles. The van der Waals surface area contributed by atoms with E-state index in [0.29, 0.717) is 21.5 Å². The predicted octanol–water partition coefficient (Wildman–Crippen LogP) is 2.48. The number of rotatable bonds is 7. The summed E-state index contributed by atoms with van der Waals surface area (Å²) in [6, 6.07) is 11.4. The minimum absolute atomic E-state index is 0.115. The Bertz CT molecular complexity index is 810. The van der Waals surface area contributed by atoms with E-state index >= 15 is 0 Å². The van der Waals surface area contributed by atoms with Gasteiger partial charge < -0.3 is 14.6 Å². The van der Waals surface area contributed by atoms with Gasteiger partial charge in [-0.1, -0.05) is 18.2 Å². The minimum Gasteiger partial charge on any atom is -0.493 e. The van der Waals surface area contributed by atoms with Crippen LogP contribution >= 0.6 is 15.9 Å². The van der Waals surface area contributed by atoms with E-state index < -0.39 is 16.1 Å².